The highest BCUT2D eigenvalue weighted by atomic mass is 32.1. The lowest BCUT2D eigenvalue weighted by atomic mass is 10.2. The fraction of sp³-hybridized carbons (Fsp3) is 0.688. The minimum atomic E-state index is -0.0223. The van der Waals surface area contributed by atoms with E-state index in [4.69, 9.17) is 4.74 Å². The van der Waals surface area contributed by atoms with Crippen molar-refractivity contribution in [3.05, 3.63) is 16.3 Å². The molecule has 22 heavy (non-hydrogen) atoms. The Bertz CT molecular complexity index is 456. The standard InChI is InChI=1S/C16H27N3O2S/c1-18-9-11-19(12-10-18)8-5-3-4-7-17-16(20)15-14(21-2)6-13-22-15/h6,13H,3-5,7-12H2,1-2H3,(H,17,20). The fourth-order valence-electron chi connectivity index (χ4n) is 2.61. The maximum Gasteiger partial charge on any atom is 0.265 e. The summed E-state index contributed by atoms with van der Waals surface area (Å²) in [7, 11) is 3.78. The molecule has 1 aliphatic rings. The molecule has 0 saturated carbocycles. The predicted molar refractivity (Wildman–Crippen MR) is 91.0 cm³/mol. The molecule has 1 aromatic heterocycles. The van der Waals surface area contributed by atoms with E-state index in [2.05, 4.69) is 22.2 Å². The average Bonchev–Trinajstić information content (AvgIpc) is 3.01. The molecule has 0 aromatic carbocycles. The largest absolute Gasteiger partial charge is 0.495 e. The maximum atomic E-state index is 12.0. The third-order valence-electron chi connectivity index (χ3n) is 4.09. The Morgan fingerprint density at radius 1 is 1.27 bits per heavy atom. The van der Waals surface area contributed by atoms with Crippen molar-refractivity contribution in [1.29, 1.82) is 0 Å². The first kappa shape index (κ1) is 17.2. The van der Waals surface area contributed by atoms with E-state index in [0.717, 1.165) is 19.4 Å². The van der Waals surface area contributed by atoms with Crippen molar-refractivity contribution in [2.24, 2.45) is 0 Å². The van der Waals surface area contributed by atoms with Crippen molar-refractivity contribution in [2.75, 3.05) is 53.4 Å². The monoisotopic (exact) mass is 325 g/mol. The Morgan fingerprint density at radius 3 is 2.77 bits per heavy atom. The van der Waals surface area contributed by atoms with Crippen molar-refractivity contribution >= 4 is 17.2 Å². The van der Waals surface area contributed by atoms with Crippen molar-refractivity contribution in [2.45, 2.75) is 19.3 Å². The number of carbonyl (C=O) groups excluding carboxylic acids is 1. The minimum absolute atomic E-state index is 0.0223. The van der Waals surface area contributed by atoms with Crippen molar-refractivity contribution in [3.63, 3.8) is 0 Å². The molecule has 1 fully saturated rings. The highest BCUT2D eigenvalue weighted by Gasteiger charge is 2.14. The quantitative estimate of drug-likeness (QED) is 0.742. The van der Waals surface area contributed by atoms with Crippen LogP contribution in [0.1, 0.15) is 28.9 Å². The fourth-order valence-corrected chi connectivity index (χ4v) is 3.39. The van der Waals surface area contributed by atoms with Gasteiger partial charge in [-0.1, -0.05) is 6.42 Å². The molecule has 0 radical (unpaired) electrons. The minimum Gasteiger partial charge on any atom is -0.495 e. The molecule has 2 rings (SSSR count). The zero-order valence-electron chi connectivity index (χ0n) is 13.6. The van der Waals surface area contributed by atoms with E-state index in [0.29, 0.717) is 10.6 Å². The Morgan fingerprint density at radius 2 is 2.05 bits per heavy atom. The topological polar surface area (TPSA) is 44.8 Å². The van der Waals surface area contributed by atoms with Gasteiger partial charge in [0.1, 0.15) is 10.6 Å². The second-order valence-corrected chi connectivity index (χ2v) is 6.70. The molecular weight excluding hydrogens is 298 g/mol. The number of piperazine rings is 1. The van der Waals surface area contributed by atoms with Gasteiger partial charge >= 0.3 is 0 Å². The number of carbonyl (C=O) groups is 1. The molecular formula is C16H27N3O2S. The molecule has 2 heterocycles. The van der Waals surface area contributed by atoms with Gasteiger partial charge in [0.05, 0.1) is 7.11 Å². The third-order valence-corrected chi connectivity index (χ3v) is 4.98. The molecule has 5 nitrogen and oxygen atoms in total. The number of rotatable bonds is 8. The van der Waals surface area contributed by atoms with Gasteiger partial charge in [-0.3, -0.25) is 4.79 Å². The zero-order chi connectivity index (χ0) is 15.8. The number of nitrogens with zero attached hydrogens (tertiary/aromatic N) is 2. The number of likely N-dealkylation sites (N-methyl/N-ethyl adjacent to an activating group) is 1. The van der Waals surface area contributed by atoms with Crippen molar-refractivity contribution in [3.8, 4) is 5.75 Å². The number of thiophene rings is 1. The van der Waals surface area contributed by atoms with E-state index in [-0.39, 0.29) is 5.91 Å². The molecule has 0 bridgehead atoms. The van der Waals surface area contributed by atoms with Crippen LogP contribution >= 0.6 is 11.3 Å². The van der Waals surface area contributed by atoms with E-state index in [9.17, 15) is 4.79 Å². The summed E-state index contributed by atoms with van der Waals surface area (Å²) in [6.07, 6.45) is 3.41. The first-order valence-corrected chi connectivity index (χ1v) is 8.89. The molecule has 0 aliphatic carbocycles. The molecule has 0 spiro atoms. The van der Waals surface area contributed by atoms with E-state index in [1.807, 2.05) is 11.4 Å². The van der Waals surface area contributed by atoms with Gasteiger partial charge in [-0.25, -0.2) is 0 Å². The van der Waals surface area contributed by atoms with Crippen LogP contribution in [0.5, 0.6) is 5.75 Å². The SMILES string of the molecule is COc1ccsc1C(=O)NCCCCCN1CCN(C)CC1. The lowest BCUT2D eigenvalue weighted by Crippen LogP contribution is -2.44. The molecule has 0 atom stereocenters. The summed E-state index contributed by atoms with van der Waals surface area (Å²) in [5.74, 6) is 0.642. The second-order valence-electron chi connectivity index (χ2n) is 5.78. The summed E-state index contributed by atoms with van der Waals surface area (Å²) < 4.78 is 5.17. The van der Waals surface area contributed by atoms with Gasteiger partial charge in [0.2, 0.25) is 0 Å². The summed E-state index contributed by atoms with van der Waals surface area (Å²) >= 11 is 1.42. The van der Waals surface area contributed by atoms with Gasteiger partial charge in [0.25, 0.3) is 5.91 Å². The summed E-state index contributed by atoms with van der Waals surface area (Å²) in [5, 5.41) is 4.85. The van der Waals surface area contributed by atoms with Crippen LogP contribution in [0.15, 0.2) is 11.4 Å². The Hall–Kier alpha value is -1.11. The van der Waals surface area contributed by atoms with Gasteiger partial charge in [-0.15, -0.1) is 11.3 Å². The summed E-state index contributed by atoms with van der Waals surface area (Å²) in [4.78, 5) is 17.6. The maximum absolute atomic E-state index is 12.0. The Labute approximate surface area is 137 Å². The molecule has 1 N–H and O–H groups in total. The molecule has 1 aliphatic heterocycles. The van der Waals surface area contributed by atoms with Crippen LogP contribution in [0.25, 0.3) is 0 Å². The van der Waals surface area contributed by atoms with E-state index >= 15 is 0 Å². The van der Waals surface area contributed by atoms with Crippen LogP contribution in [-0.4, -0.2) is 69.1 Å². The number of hydrogen-bond donors (Lipinski definition) is 1. The number of hydrogen-bond acceptors (Lipinski definition) is 5. The zero-order valence-corrected chi connectivity index (χ0v) is 14.5. The van der Waals surface area contributed by atoms with Gasteiger partial charge in [0.15, 0.2) is 0 Å². The lowest BCUT2D eigenvalue weighted by Gasteiger charge is -2.32. The van der Waals surface area contributed by atoms with Crippen LogP contribution < -0.4 is 10.1 Å². The number of unbranched alkanes of at least 4 members (excludes halogenated alkanes) is 2. The first-order valence-electron chi connectivity index (χ1n) is 8.01. The highest BCUT2D eigenvalue weighted by Crippen LogP contribution is 2.23. The smallest absolute Gasteiger partial charge is 0.265 e. The molecule has 1 amide bonds. The van der Waals surface area contributed by atoms with Crippen LogP contribution in [0.3, 0.4) is 0 Å². The van der Waals surface area contributed by atoms with Gasteiger partial charge < -0.3 is 19.9 Å². The van der Waals surface area contributed by atoms with Crippen LogP contribution in [0.4, 0.5) is 0 Å². The normalized spacial score (nSPS) is 16.6. The molecule has 6 heteroatoms. The van der Waals surface area contributed by atoms with Gasteiger partial charge in [-0.2, -0.15) is 0 Å². The summed E-state index contributed by atoms with van der Waals surface area (Å²) in [6, 6.07) is 1.83. The van der Waals surface area contributed by atoms with Crippen molar-refractivity contribution in [1.82, 2.24) is 15.1 Å². The number of methoxy groups -OCH3 is 1. The number of ether oxygens (including phenoxy) is 1. The van der Waals surface area contributed by atoms with E-state index < -0.39 is 0 Å². The van der Waals surface area contributed by atoms with E-state index in [1.165, 1.54) is 50.5 Å². The highest BCUT2D eigenvalue weighted by molar-refractivity contribution is 7.12. The van der Waals surface area contributed by atoms with Gasteiger partial charge in [0, 0.05) is 32.7 Å². The van der Waals surface area contributed by atoms with Crippen LogP contribution in [0.2, 0.25) is 0 Å². The average molecular weight is 325 g/mol. The second kappa shape index (κ2) is 9.12. The Kier molecular flexibility index (Phi) is 7.15. The van der Waals surface area contributed by atoms with Gasteiger partial charge in [-0.05, 0) is 37.9 Å². The van der Waals surface area contributed by atoms with Crippen molar-refractivity contribution < 1.29 is 9.53 Å². The third kappa shape index (κ3) is 5.26. The first-order chi connectivity index (χ1) is 10.7. The number of amides is 1. The Balaban J connectivity index is 1.53. The van der Waals surface area contributed by atoms with Crippen LogP contribution in [-0.2, 0) is 0 Å². The molecule has 124 valence electrons. The lowest BCUT2D eigenvalue weighted by molar-refractivity contribution is 0.0954. The van der Waals surface area contributed by atoms with E-state index in [1.54, 1.807) is 7.11 Å². The number of nitrogens with one attached hydrogen (secondary N) is 1. The molecule has 1 aromatic rings. The molecule has 1 saturated heterocycles. The summed E-state index contributed by atoms with van der Waals surface area (Å²) in [5.41, 5.74) is 0. The predicted octanol–water partition coefficient (Wildman–Crippen LogP) is 1.90. The molecule has 0 unspecified atom stereocenters. The summed E-state index contributed by atoms with van der Waals surface area (Å²) in [6.45, 7) is 6.65. The van der Waals surface area contributed by atoms with Crippen LogP contribution in [0, 0.1) is 0 Å².